The lowest BCUT2D eigenvalue weighted by molar-refractivity contribution is 0.733. The first-order valence-corrected chi connectivity index (χ1v) is 10.0. The average Bonchev–Trinajstić information content (AvgIpc) is 3.36. The molecule has 0 bridgehead atoms. The Morgan fingerprint density at radius 2 is 1.17 bits per heavy atom. The molecule has 4 aliphatic rings. The summed E-state index contributed by atoms with van der Waals surface area (Å²) in [5, 5.41) is 3.65. The molecule has 0 saturated heterocycles. The van der Waals surface area contributed by atoms with Crippen molar-refractivity contribution in [2.75, 3.05) is 13.1 Å². The van der Waals surface area contributed by atoms with E-state index in [9.17, 15) is 0 Å². The van der Waals surface area contributed by atoms with Gasteiger partial charge in [0, 0.05) is 22.3 Å². The zero-order chi connectivity index (χ0) is 15.9. The molecule has 2 atom stereocenters. The normalized spacial score (nSPS) is 30.7. The zero-order valence-electron chi connectivity index (χ0n) is 13.6. The number of rotatable bonds is 4. The van der Waals surface area contributed by atoms with Gasteiger partial charge in [-0.25, -0.2) is 0 Å². The molecule has 120 valence electrons. The molecular weight excluding hydrogens is 320 g/mol. The Labute approximate surface area is 147 Å². The minimum absolute atomic E-state index is 0.0447. The van der Waals surface area contributed by atoms with Gasteiger partial charge in [-0.2, -0.15) is 0 Å². The van der Waals surface area contributed by atoms with E-state index in [1.807, 2.05) is 23.5 Å². The Balaban J connectivity index is 1.42. The van der Waals surface area contributed by atoms with E-state index in [4.69, 9.17) is 9.98 Å². The quantitative estimate of drug-likeness (QED) is 0.750. The summed E-state index contributed by atoms with van der Waals surface area (Å²) in [5.41, 5.74) is -0.0447. The summed E-state index contributed by atoms with van der Waals surface area (Å²) >= 11 is 3.92. The van der Waals surface area contributed by atoms with Crippen molar-refractivity contribution in [1.82, 2.24) is 0 Å². The van der Waals surface area contributed by atoms with Gasteiger partial charge >= 0.3 is 0 Å². The van der Waals surface area contributed by atoms with Crippen LogP contribution in [0.5, 0.6) is 0 Å². The molecular formula is C19H22N2S2. The van der Waals surface area contributed by atoms with Gasteiger partial charge in [-0.15, -0.1) is 23.5 Å². The Morgan fingerprint density at radius 1 is 0.783 bits per heavy atom. The topological polar surface area (TPSA) is 24.7 Å². The van der Waals surface area contributed by atoms with Crippen LogP contribution in [0, 0.1) is 17.3 Å². The van der Waals surface area contributed by atoms with Crippen molar-refractivity contribution in [1.29, 1.82) is 0 Å². The standard InChI is InChI=1S/C19H22N2S2/c1-19(2,17-20-11-15(22-17)13-7-3-4-8-13)18-21-12-16(23-18)14-9-5-6-10-14/h3-10,13-16H,11-12H2,1-2H3/t15-,16-/m1/s1. The molecule has 0 unspecified atom stereocenters. The number of aliphatic imine (C=N–C) groups is 2. The van der Waals surface area contributed by atoms with Crippen LogP contribution in [0.1, 0.15) is 13.8 Å². The van der Waals surface area contributed by atoms with Crippen molar-refractivity contribution in [3.8, 4) is 0 Å². The van der Waals surface area contributed by atoms with Gasteiger partial charge in [0.2, 0.25) is 0 Å². The minimum Gasteiger partial charge on any atom is -0.281 e. The molecule has 2 aliphatic heterocycles. The van der Waals surface area contributed by atoms with Gasteiger partial charge in [0.15, 0.2) is 0 Å². The van der Waals surface area contributed by atoms with Gasteiger partial charge in [0.25, 0.3) is 0 Å². The summed E-state index contributed by atoms with van der Waals surface area (Å²) in [4.78, 5) is 9.78. The van der Waals surface area contributed by atoms with Gasteiger partial charge in [0.05, 0.1) is 28.6 Å². The lowest BCUT2D eigenvalue weighted by atomic mass is 9.96. The van der Waals surface area contributed by atoms with Gasteiger partial charge in [-0.3, -0.25) is 9.98 Å². The number of allylic oxidation sites excluding steroid dienone is 8. The maximum absolute atomic E-state index is 4.89. The van der Waals surface area contributed by atoms with Gasteiger partial charge in [-0.1, -0.05) is 48.6 Å². The van der Waals surface area contributed by atoms with E-state index in [0.29, 0.717) is 22.3 Å². The van der Waals surface area contributed by atoms with Crippen LogP contribution in [-0.4, -0.2) is 33.7 Å². The average molecular weight is 343 g/mol. The molecule has 23 heavy (non-hydrogen) atoms. The third kappa shape index (κ3) is 2.91. The van der Waals surface area contributed by atoms with Crippen molar-refractivity contribution < 1.29 is 0 Å². The highest BCUT2D eigenvalue weighted by molar-refractivity contribution is 8.17. The lowest BCUT2D eigenvalue weighted by Crippen LogP contribution is -2.29. The van der Waals surface area contributed by atoms with Crippen molar-refractivity contribution in [2.45, 2.75) is 24.3 Å². The SMILES string of the molecule is CC(C)(C1=NC[C@H](C2C=CC=C2)S1)C1=NC[C@H](C2C=CC=C2)S1. The zero-order valence-corrected chi connectivity index (χ0v) is 15.2. The second kappa shape index (κ2) is 6.14. The molecule has 2 heterocycles. The van der Waals surface area contributed by atoms with Crippen LogP contribution in [0.4, 0.5) is 0 Å². The number of thioether (sulfide) groups is 2. The summed E-state index contributed by atoms with van der Waals surface area (Å²) in [7, 11) is 0. The van der Waals surface area contributed by atoms with E-state index in [2.05, 4.69) is 62.5 Å². The van der Waals surface area contributed by atoms with Crippen molar-refractivity contribution in [3.05, 3.63) is 48.6 Å². The van der Waals surface area contributed by atoms with Gasteiger partial charge in [0.1, 0.15) is 0 Å². The molecule has 4 heteroatoms. The Bertz CT molecular complexity index is 587. The molecule has 0 aromatic carbocycles. The highest BCUT2D eigenvalue weighted by Gasteiger charge is 2.41. The van der Waals surface area contributed by atoms with Crippen molar-refractivity contribution in [2.24, 2.45) is 27.2 Å². The van der Waals surface area contributed by atoms with E-state index in [0.717, 1.165) is 13.1 Å². The predicted molar refractivity (Wildman–Crippen MR) is 105 cm³/mol. The van der Waals surface area contributed by atoms with E-state index < -0.39 is 0 Å². The molecule has 2 nitrogen and oxygen atoms in total. The third-order valence-corrected chi connectivity index (χ3v) is 8.10. The van der Waals surface area contributed by atoms with Crippen LogP contribution in [0.2, 0.25) is 0 Å². The molecule has 0 fully saturated rings. The maximum atomic E-state index is 4.89. The highest BCUT2D eigenvalue weighted by Crippen LogP contribution is 2.44. The number of nitrogens with zero attached hydrogens (tertiary/aromatic N) is 2. The Kier molecular flexibility index (Phi) is 4.14. The molecule has 0 aromatic heterocycles. The van der Waals surface area contributed by atoms with Crippen LogP contribution < -0.4 is 0 Å². The molecule has 0 radical (unpaired) electrons. The fourth-order valence-corrected chi connectivity index (χ4v) is 6.05. The van der Waals surface area contributed by atoms with E-state index in [1.54, 1.807) is 0 Å². The van der Waals surface area contributed by atoms with Crippen LogP contribution in [0.25, 0.3) is 0 Å². The smallest absolute Gasteiger partial charge is 0.0801 e. The second-order valence-corrected chi connectivity index (χ2v) is 9.38. The minimum atomic E-state index is -0.0447. The molecule has 0 saturated carbocycles. The summed E-state index contributed by atoms with van der Waals surface area (Å²) in [6.45, 7) is 6.43. The van der Waals surface area contributed by atoms with Gasteiger partial charge in [-0.05, 0) is 13.8 Å². The van der Waals surface area contributed by atoms with Crippen molar-refractivity contribution >= 4 is 33.6 Å². The van der Waals surface area contributed by atoms with Crippen molar-refractivity contribution in [3.63, 3.8) is 0 Å². The van der Waals surface area contributed by atoms with Gasteiger partial charge < -0.3 is 0 Å². The van der Waals surface area contributed by atoms with Crippen LogP contribution >= 0.6 is 23.5 Å². The number of hydrogen-bond donors (Lipinski definition) is 0. The van der Waals surface area contributed by atoms with Crippen LogP contribution in [-0.2, 0) is 0 Å². The van der Waals surface area contributed by atoms with Crippen LogP contribution in [0.3, 0.4) is 0 Å². The lowest BCUT2D eigenvalue weighted by Gasteiger charge is -2.26. The van der Waals surface area contributed by atoms with E-state index >= 15 is 0 Å². The summed E-state index contributed by atoms with van der Waals surface area (Å²) < 4.78 is 0. The highest BCUT2D eigenvalue weighted by atomic mass is 32.2. The molecule has 2 aliphatic carbocycles. The monoisotopic (exact) mass is 342 g/mol. The second-order valence-electron chi connectivity index (χ2n) is 6.92. The fraction of sp³-hybridized carbons (Fsp3) is 0.474. The maximum Gasteiger partial charge on any atom is 0.0801 e. The largest absolute Gasteiger partial charge is 0.281 e. The molecule has 0 N–H and O–H groups in total. The molecule has 4 rings (SSSR count). The summed E-state index contributed by atoms with van der Waals surface area (Å²) in [6.07, 6.45) is 17.8. The van der Waals surface area contributed by atoms with Crippen LogP contribution in [0.15, 0.2) is 58.6 Å². The fourth-order valence-electron chi connectivity index (χ4n) is 3.36. The Morgan fingerprint density at radius 3 is 1.57 bits per heavy atom. The first-order chi connectivity index (χ1) is 11.1. The first-order valence-electron chi connectivity index (χ1n) is 8.28. The summed E-state index contributed by atoms with van der Waals surface area (Å²) in [5.74, 6) is 1.08. The third-order valence-electron chi connectivity index (χ3n) is 4.84. The predicted octanol–water partition coefficient (Wildman–Crippen LogP) is 4.52. The molecule has 0 aromatic rings. The molecule has 0 spiro atoms. The molecule has 0 amide bonds. The summed E-state index contributed by atoms with van der Waals surface area (Å²) in [6, 6.07) is 0. The first kappa shape index (κ1) is 15.5. The van der Waals surface area contributed by atoms with E-state index in [1.165, 1.54) is 10.1 Å². The number of hydrogen-bond acceptors (Lipinski definition) is 4. The Hall–Kier alpha value is -1.00. The van der Waals surface area contributed by atoms with E-state index in [-0.39, 0.29) is 5.41 Å².